The van der Waals surface area contributed by atoms with Crippen molar-refractivity contribution in [3.63, 3.8) is 0 Å². The average molecular weight is 449 g/mol. The zero-order valence-corrected chi connectivity index (χ0v) is 18.5. The average Bonchev–Trinajstić information content (AvgIpc) is 2.65. The molecule has 0 spiro atoms. The number of ether oxygens (including phenoxy) is 2. The summed E-state index contributed by atoms with van der Waals surface area (Å²) in [5.74, 6) is -1.19. The third kappa shape index (κ3) is 5.46. The number of hydrogen-bond acceptors (Lipinski definition) is 7. The van der Waals surface area contributed by atoms with Gasteiger partial charge in [0.05, 0.1) is 29.9 Å². The molecule has 0 saturated carbocycles. The Balaban J connectivity index is 2.16. The highest BCUT2D eigenvalue weighted by molar-refractivity contribution is 7.89. The SMILES string of the molecule is CON(C)S(=O)(=O)c1cc(C(=O)OC(C)C(=O)N2CC(C)OC(C)C2)ccc1Cl. The van der Waals surface area contributed by atoms with E-state index in [1.165, 1.54) is 33.2 Å². The molecule has 0 aromatic heterocycles. The van der Waals surface area contributed by atoms with Crippen LogP contribution in [0.15, 0.2) is 23.1 Å². The minimum atomic E-state index is -4.07. The second-order valence-electron chi connectivity index (χ2n) is 6.79. The molecule has 1 amide bonds. The molecular formula is C18H25ClN2O7S. The lowest BCUT2D eigenvalue weighted by molar-refractivity contribution is -0.151. The summed E-state index contributed by atoms with van der Waals surface area (Å²) in [5.41, 5.74) is -0.0548. The quantitative estimate of drug-likeness (QED) is 0.482. The highest BCUT2D eigenvalue weighted by Gasteiger charge is 2.31. The van der Waals surface area contributed by atoms with E-state index in [9.17, 15) is 18.0 Å². The first kappa shape index (κ1) is 23.6. The van der Waals surface area contributed by atoms with Gasteiger partial charge in [-0.3, -0.25) is 9.63 Å². The van der Waals surface area contributed by atoms with Crippen LogP contribution in [-0.4, -0.2) is 75.2 Å². The van der Waals surface area contributed by atoms with E-state index in [0.717, 1.165) is 6.07 Å². The van der Waals surface area contributed by atoms with Crippen molar-refractivity contribution in [2.45, 2.75) is 44.0 Å². The van der Waals surface area contributed by atoms with E-state index in [4.69, 9.17) is 25.9 Å². The van der Waals surface area contributed by atoms with E-state index in [-0.39, 0.29) is 33.6 Å². The molecule has 0 radical (unpaired) electrons. The van der Waals surface area contributed by atoms with Crippen LogP contribution < -0.4 is 0 Å². The molecule has 0 aliphatic carbocycles. The number of carbonyl (C=O) groups is 2. The number of halogens is 1. The molecule has 3 unspecified atom stereocenters. The second kappa shape index (κ2) is 9.40. The van der Waals surface area contributed by atoms with Crippen molar-refractivity contribution in [2.24, 2.45) is 0 Å². The van der Waals surface area contributed by atoms with Gasteiger partial charge in [0.2, 0.25) is 0 Å². The van der Waals surface area contributed by atoms with Crippen molar-refractivity contribution in [1.82, 2.24) is 9.37 Å². The van der Waals surface area contributed by atoms with Gasteiger partial charge < -0.3 is 14.4 Å². The Hall–Kier alpha value is -1.72. The van der Waals surface area contributed by atoms with E-state index in [1.807, 2.05) is 13.8 Å². The Kier molecular flexibility index (Phi) is 7.63. The molecule has 1 aliphatic rings. The first-order valence-corrected chi connectivity index (χ1v) is 10.8. The molecular weight excluding hydrogens is 424 g/mol. The van der Waals surface area contributed by atoms with Crippen LogP contribution in [0.4, 0.5) is 0 Å². The fraction of sp³-hybridized carbons (Fsp3) is 0.556. The van der Waals surface area contributed by atoms with Crippen molar-refractivity contribution in [3.8, 4) is 0 Å². The smallest absolute Gasteiger partial charge is 0.338 e. The lowest BCUT2D eigenvalue weighted by Crippen LogP contribution is -2.51. The van der Waals surface area contributed by atoms with Crippen molar-refractivity contribution in [1.29, 1.82) is 0 Å². The topological polar surface area (TPSA) is 102 Å². The van der Waals surface area contributed by atoms with Gasteiger partial charge in [0.1, 0.15) is 4.90 Å². The molecule has 9 nitrogen and oxygen atoms in total. The molecule has 1 fully saturated rings. The van der Waals surface area contributed by atoms with Crippen LogP contribution in [0, 0.1) is 0 Å². The third-order valence-electron chi connectivity index (χ3n) is 4.40. The van der Waals surface area contributed by atoms with Crippen LogP contribution in [0.25, 0.3) is 0 Å². The molecule has 1 aromatic carbocycles. The Morgan fingerprint density at radius 3 is 2.41 bits per heavy atom. The predicted octanol–water partition coefficient (Wildman–Crippen LogP) is 1.70. The molecule has 11 heteroatoms. The fourth-order valence-electron chi connectivity index (χ4n) is 2.96. The van der Waals surface area contributed by atoms with Gasteiger partial charge in [0, 0.05) is 20.1 Å². The lowest BCUT2D eigenvalue weighted by atomic mass is 10.2. The maximum Gasteiger partial charge on any atom is 0.338 e. The normalized spacial score (nSPS) is 21.1. The molecule has 1 aromatic rings. The van der Waals surface area contributed by atoms with Gasteiger partial charge in [-0.2, -0.15) is 0 Å². The first-order valence-electron chi connectivity index (χ1n) is 8.95. The summed E-state index contributed by atoms with van der Waals surface area (Å²) >= 11 is 5.99. The third-order valence-corrected chi connectivity index (χ3v) is 6.56. The number of carbonyl (C=O) groups excluding carboxylic acids is 2. The monoisotopic (exact) mass is 448 g/mol. The molecule has 1 heterocycles. The number of morpholine rings is 1. The van der Waals surface area contributed by atoms with Crippen molar-refractivity contribution >= 4 is 33.5 Å². The minimum Gasteiger partial charge on any atom is -0.449 e. The van der Waals surface area contributed by atoms with Crippen LogP contribution in [0.2, 0.25) is 5.02 Å². The van der Waals surface area contributed by atoms with E-state index >= 15 is 0 Å². The van der Waals surface area contributed by atoms with Crippen LogP contribution in [0.3, 0.4) is 0 Å². The zero-order valence-electron chi connectivity index (χ0n) is 16.9. The summed E-state index contributed by atoms with van der Waals surface area (Å²) < 4.78 is 36.4. The molecule has 3 atom stereocenters. The van der Waals surface area contributed by atoms with E-state index < -0.39 is 22.1 Å². The molecule has 1 saturated heterocycles. The Bertz CT molecular complexity index is 867. The van der Waals surface area contributed by atoms with Gasteiger partial charge in [0.15, 0.2) is 6.10 Å². The molecule has 162 valence electrons. The number of benzene rings is 1. The van der Waals surface area contributed by atoms with Crippen molar-refractivity contribution in [3.05, 3.63) is 28.8 Å². The van der Waals surface area contributed by atoms with Gasteiger partial charge >= 0.3 is 5.97 Å². The number of hydrogen-bond donors (Lipinski definition) is 0. The Morgan fingerprint density at radius 1 is 1.28 bits per heavy atom. The van der Waals surface area contributed by atoms with Gasteiger partial charge in [-0.1, -0.05) is 16.1 Å². The first-order chi connectivity index (χ1) is 13.5. The van der Waals surface area contributed by atoms with Crippen LogP contribution >= 0.6 is 11.6 Å². The van der Waals surface area contributed by atoms with Gasteiger partial charge in [-0.05, 0) is 39.0 Å². The number of nitrogens with zero attached hydrogens (tertiary/aromatic N) is 2. The van der Waals surface area contributed by atoms with Crippen LogP contribution in [0.5, 0.6) is 0 Å². The largest absolute Gasteiger partial charge is 0.449 e. The highest BCUT2D eigenvalue weighted by Crippen LogP contribution is 2.26. The fourth-order valence-corrected chi connectivity index (χ4v) is 4.43. The van der Waals surface area contributed by atoms with Gasteiger partial charge in [-0.15, -0.1) is 0 Å². The summed E-state index contributed by atoms with van der Waals surface area (Å²) in [5, 5.41) is -0.0779. The number of hydroxylamine groups is 1. The maximum absolute atomic E-state index is 12.6. The molecule has 29 heavy (non-hydrogen) atoms. The highest BCUT2D eigenvalue weighted by atomic mass is 35.5. The molecule has 2 rings (SSSR count). The Labute approximate surface area is 175 Å². The summed E-state index contributed by atoms with van der Waals surface area (Å²) in [6.45, 7) is 5.99. The summed E-state index contributed by atoms with van der Waals surface area (Å²) in [6, 6.07) is 3.69. The van der Waals surface area contributed by atoms with E-state index in [0.29, 0.717) is 17.6 Å². The second-order valence-corrected chi connectivity index (χ2v) is 9.10. The van der Waals surface area contributed by atoms with Crippen LogP contribution in [0.1, 0.15) is 31.1 Å². The number of sulfonamides is 1. The number of rotatable bonds is 6. The maximum atomic E-state index is 12.6. The molecule has 0 bridgehead atoms. The van der Waals surface area contributed by atoms with Crippen molar-refractivity contribution < 1.29 is 32.3 Å². The predicted molar refractivity (Wildman–Crippen MR) is 105 cm³/mol. The number of esters is 1. The lowest BCUT2D eigenvalue weighted by Gasteiger charge is -2.36. The van der Waals surface area contributed by atoms with Crippen LogP contribution in [-0.2, 0) is 29.1 Å². The van der Waals surface area contributed by atoms with Gasteiger partial charge in [-0.25, -0.2) is 13.2 Å². The molecule has 1 aliphatic heterocycles. The number of amides is 1. The van der Waals surface area contributed by atoms with E-state index in [2.05, 4.69) is 0 Å². The van der Waals surface area contributed by atoms with E-state index in [1.54, 1.807) is 4.90 Å². The van der Waals surface area contributed by atoms with Crippen molar-refractivity contribution in [2.75, 3.05) is 27.2 Å². The molecule has 0 N–H and O–H groups in total. The summed E-state index contributed by atoms with van der Waals surface area (Å²) in [7, 11) is -1.69. The minimum absolute atomic E-state index is 0.0548. The standard InChI is InChI=1S/C18H25ClN2O7S/c1-11-9-21(10-12(2)27-11)17(22)13(3)28-18(23)14-6-7-15(19)16(8-14)29(24,25)20(4)26-5/h6-8,11-13H,9-10H2,1-5H3. The summed E-state index contributed by atoms with van der Waals surface area (Å²) in [4.78, 5) is 31.1. The zero-order chi connectivity index (χ0) is 21.9. The Morgan fingerprint density at radius 2 is 1.86 bits per heavy atom. The summed E-state index contributed by atoms with van der Waals surface area (Å²) in [6.07, 6.45) is -1.28. The van der Waals surface area contributed by atoms with Gasteiger partial charge in [0.25, 0.3) is 15.9 Å².